The molecule has 0 saturated carbocycles. The minimum Gasteiger partial charge on any atom is -0.357 e. The number of carbonyl (C=O) groups excluding carboxylic acids is 1. The Morgan fingerprint density at radius 2 is 1.20 bits per heavy atom. The number of rotatable bonds is 3. The van der Waals surface area contributed by atoms with Gasteiger partial charge in [-0.25, -0.2) is 0 Å². The standard InChI is InChI=1S/C21H16NO.C6H5.U/c23-21-15-20(22(21)19-9-5-2-6-10-19)18-13-11-17(12-14-18)16-7-3-1-4-8-16;1-2-4-6-5-3-1;/h1-15,20H;1-5H;/q2*-1;+2. The molecule has 2 nitrogen and oxygen atoms in total. The zero-order valence-electron chi connectivity index (χ0n) is 16.5. The van der Waals surface area contributed by atoms with Gasteiger partial charge < -0.3 is 9.69 Å². The summed E-state index contributed by atoms with van der Waals surface area (Å²) in [6, 6.07) is 41.1. The van der Waals surface area contributed by atoms with Crippen molar-refractivity contribution >= 4 is 11.6 Å². The summed E-state index contributed by atoms with van der Waals surface area (Å²) in [4.78, 5) is 13.8. The van der Waals surface area contributed by atoms with Crippen molar-refractivity contribution < 1.29 is 35.9 Å². The Morgan fingerprint density at radius 3 is 1.70 bits per heavy atom. The molecule has 4 aromatic carbocycles. The molecule has 1 amide bonds. The number of benzene rings is 4. The van der Waals surface area contributed by atoms with Gasteiger partial charge in [-0.15, -0.1) is 0 Å². The van der Waals surface area contributed by atoms with E-state index in [1.807, 2.05) is 83.8 Å². The summed E-state index contributed by atoms with van der Waals surface area (Å²) in [6.45, 7) is 0. The van der Waals surface area contributed by atoms with Gasteiger partial charge in [0.05, 0.1) is 5.91 Å². The normalized spacial score (nSPS) is 14.3. The molecule has 30 heavy (non-hydrogen) atoms. The van der Waals surface area contributed by atoms with Gasteiger partial charge in [-0.05, 0) is 29.3 Å². The maximum atomic E-state index is 12.0. The first-order chi connectivity index (χ1) is 14.3. The van der Waals surface area contributed by atoms with Gasteiger partial charge in [0.2, 0.25) is 0 Å². The number of amides is 1. The van der Waals surface area contributed by atoms with Crippen LogP contribution in [0.4, 0.5) is 5.69 Å². The third-order valence-corrected chi connectivity index (χ3v) is 4.82. The van der Waals surface area contributed by atoms with Gasteiger partial charge in [0, 0.05) is 5.69 Å². The molecular weight excluding hydrogens is 592 g/mol. The van der Waals surface area contributed by atoms with Crippen LogP contribution in [0, 0.1) is 43.6 Å². The van der Waals surface area contributed by atoms with Gasteiger partial charge in [0.25, 0.3) is 0 Å². The van der Waals surface area contributed by atoms with Crippen LogP contribution >= 0.6 is 0 Å². The molecule has 1 saturated heterocycles. The van der Waals surface area contributed by atoms with Crippen molar-refractivity contribution in [3.63, 3.8) is 0 Å². The Balaban J connectivity index is 0.000000317. The third-order valence-electron chi connectivity index (χ3n) is 4.82. The number of nitrogens with zero attached hydrogens (tertiary/aromatic N) is 1. The first kappa shape index (κ1) is 22.0. The van der Waals surface area contributed by atoms with Gasteiger partial charge >= 0.3 is 31.1 Å². The number of para-hydroxylation sites is 1. The van der Waals surface area contributed by atoms with Crippen molar-refractivity contribution in [2.24, 2.45) is 0 Å². The van der Waals surface area contributed by atoms with E-state index in [0.717, 1.165) is 11.3 Å². The van der Waals surface area contributed by atoms with Crippen LogP contribution in [-0.4, -0.2) is 5.91 Å². The van der Waals surface area contributed by atoms with Crippen LogP contribution in [0.3, 0.4) is 0 Å². The summed E-state index contributed by atoms with van der Waals surface area (Å²) >= 11 is 0. The predicted molar refractivity (Wildman–Crippen MR) is 118 cm³/mol. The van der Waals surface area contributed by atoms with Crippen LogP contribution in [0.25, 0.3) is 11.1 Å². The number of hydrogen-bond donors (Lipinski definition) is 0. The molecule has 0 spiro atoms. The molecular formula is C27H21NOU. The van der Waals surface area contributed by atoms with Crippen molar-refractivity contribution in [1.82, 2.24) is 0 Å². The smallest absolute Gasteiger partial charge is 0.357 e. The predicted octanol–water partition coefficient (Wildman–Crippen LogP) is 6.13. The largest absolute Gasteiger partial charge is 2.00 e. The Bertz CT molecular complexity index is 1010. The summed E-state index contributed by atoms with van der Waals surface area (Å²) in [5.41, 5.74) is 4.46. The quantitative estimate of drug-likeness (QED) is 0.201. The molecule has 1 fully saturated rings. The van der Waals surface area contributed by atoms with Crippen molar-refractivity contribution in [2.75, 3.05) is 4.90 Å². The van der Waals surface area contributed by atoms with Gasteiger partial charge in [-0.3, -0.25) is 6.42 Å². The molecule has 144 valence electrons. The van der Waals surface area contributed by atoms with Crippen LogP contribution in [-0.2, 0) is 4.79 Å². The van der Waals surface area contributed by atoms with Crippen LogP contribution in [0.1, 0.15) is 11.6 Å². The van der Waals surface area contributed by atoms with E-state index in [4.69, 9.17) is 0 Å². The summed E-state index contributed by atoms with van der Waals surface area (Å²) in [6.07, 6.45) is 1.77. The second-order valence-corrected chi connectivity index (χ2v) is 6.72. The summed E-state index contributed by atoms with van der Waals surface area (Å²) in [7, 11) is 0. The van der Waals surface area contributed by atoms with Crippen LogP contribution in [0.5, 0.6) is 0 Å². The van der Waals surface area contributed by atoms with E-state index in [0.29, 0.717) is 0 Å². The third kappa shape index (κ3) is 5.25. The second kappa shape index (κ2) is 10.9. The van der Waals surface area contributed by atoms with Crippen molar-refractivity contribution in [3.8, 4) is 11.1 Å². The molecule has 1 unspecified atom stereocenters. The Hall–Kier alpha value is -2.73. The van der Waals surface area contributed by atoms with Crippen molar-refractivity contribution in [1.29, 1.82) is 0 Å². The summed E-state index contributed by atoms with van der Waals surface area (Å²) in [5, 5.41) is 0. The monoisotopic (exact) mass is 613 g/mol. The number of carbonyl (C=O) groups is 1. The number of β-lactam (4-membered cyclic amide) rings is 1. The Morgan fingerprint density at radius 1 is 0.667 bits per heavy atom. The minimum absolute atomic E-state index is 0. The molecule has 1 aliphatic heterocycles. The molecule has 0 radical (unpaired) electrons. The molecule has 4 aromatic rings. The number of anilines is 1. The SMILES string of the molecule is O=C1[CH-]C(c2ccc(-c3ccccc3)cc2)N1c1ccccc1.[U+2].[c-]1ccccc1. The fraction of sp³-hybridized carbons (Fsp3) is 0.0370. The van der Waals surface area contributed by atoms with E-state index in [2.05, 4.69) is 42.5 Å². The number of hydrogen-bond acceptors (Lipinski definition) is 1. The van der Waals surface area contributed by atoms with E-state index >= 15 is 0 Å². The van der Waals surface area contributed by atoms with Gasteiger partial charge in [0.15, 0.2) is 0 Å². The first-order valence-electron chi connectivity index (χ1n) is 9.62. The Labute approximate surface area is 201 Å². The van der Waals surface area contributed by atoms with Gasteiger partial charge in [-0.1, -0.05) is 78.4 Å². The van der Waals surface area contributed by atoms with E-state index in [-0.39, 0.29) is 43.1 Å². The second-order valence-electron chi connectivity index (χ2n) is 6.72. The topological polar surface area (TPSA) is 20.3 Å². The van der Waals surface area contributed by atoms with E-state index in [1.54, 1.807) is 6.42 Å². The molecule has 1 heterocycles. The molecule has 1 aliphatic rings. The van der Waals surface area contributed by atoms with Crippen LogP contribution < -0.4 is 4.90 Å². The molecule has 0 aliphatic carbocycles. The van der Waals surface area contributed by atoms with Gasteiger partial charge in [0.1, 0.15) is 0 Å². The zero-order chi connectivity index (χ0) is 19.9. The van der Waals surface area contributed by atoms with E-state index < -0.39 is 0 Å². The van der Waals surface area contributed by atoms with Crippen molar-refractivity contribution in [2.45, 2.75) is 6.04 Å². The molecule has 5 rings (SSSR count). The summed E-state index contributed by atoms with van der Waals surface area (Å²) < 4.78 is 0. The molecule has 0 N–H and O–H groups in total. The zero-order valence-corrected chi connectivity index (χ0v) is 20.6. The maximum absolute atomic E-state index is 12.0. The minimum atomic E-state index is 0. The molecule has 3 heteroatoms. The summed E-state index contributed by atoms with van der Waals surface area (Å²) in [5.74, 6) is 0.0633. The fourth-order valence-electron chi connectivity index (χ4n) is 3.31. The molecule has 0 bridgehead atoms. The van der Waals surface area contributed by atoms with Crippen LogP contribution in [0.15, 0.2) is 115 Å². The van der Waals surface area contributed by atoms with Crippen LogP contribution in [0.2, 0.25) is 0 Å². The molecule has 0 aromatic heterocycles. The average Bonchev–Trinajstić information content (AvgIpc) is 2.80. The fourth-order valence-corrected chi connectivity index (χ4v) is 3.31. The average molecular weight is 614 g/mol. The first-order valence-corrected chi connectivity index (χ1v) is 9.62. The Kier molecular flexibility index (Phi) is 7.97. The van der Waals surface area contributed by atoms with E-state index in [9.17, 15) is 4.79 Å². The van der Waals surface area contributed by atoms with Gasteiger partial charge in [-0.2, -0.15) is 36.4 Å². The maximum Gasteiger partial charge on any atom is 2.00 e. The van der Waals surface area contributed by atoms with Crippen molar-refractivity contribution in [3.05, 3.63) is 133 Å². The van der Waals surface area contributed by atoms with E-state index in [1.165, 1.54) is 11.1 Å². The molecule has 1 atom stereocenters.